The Balaban J connectivity index is 2.51. The van der Waals surface area contributed by atoms with Gasteiger partial charge in [-0.2, -0.15) is 0 Å². The number of ether oxygens (including phenoxy) is 1. The fraction of sp³-hybridized carbons (Fsp3) is 0.933. The highest BCUT2D eigenvalue weighted by Crippen LogP contribution is 2.27. The van der Waals surface area contributed by atoms with Crippen molar-refractivity contribution in [3.8, 4) is 0 Å². The van der Waals surface area contributed by atoms with E-state index < -0.39 is 0 Å². The molecule has 4 heteroatoms. The Hall–Kier alpha value is -0.610. The van der Waals surface area contributed by atoms with Crippen LogP contribution in [0, 0.1) is 5.41 Å². The van der Waals surface area contributed by atoms with Gasteiger partial charge in [0.25, 0.3) is 0 Å². The van der Waals surface area contributed by atoms with Crippen LogP contribution in [0.15, 0.2) is 0 Å². The average molecular weight is 270 g/mol. The van der Waals surface area contributed by atoms with E-state index in [0.29, 0.717) is 19.6 Å². The summed E-state index contributed by atoms with van der Waals surface area (Å²) in [7, 11) is 0. The van der Waals surface area contributed by atoms with Crippen LogP contribution >= 0.6 is 0 Å². The minimum Gasteiger partial charge on any atom is -0.375 e. The Labute approximate surface area is 117 Å². The maximum atomic E-state index is 12.4. The van der Waals surface area contributed by atoms with Gasteiger partial charge in [-0.25, -0.2) is 0 Å². The van der Waals surface area contributed by atoms with Crippen molar-refractivity contribution in [3.63, 3.8) is 0 Å². The lowest BCUT2D eigenvalue weighted by atomic mass is 9.84. The monoisotopic (exact) mass is 270 g/mol. The van der Waals surface area contributed by atoms with Crippen molar-refractivity contribution in [2.45, 2.75) is 65.5 Å². The highest BCUT2D eigenvalue weighted by atomic mass is 16.5. The van der Waals surface area contributed by atoms with Gasteiger partial charge in [0.15, 0.2) is 0 Å². The van der Waals surface area contributed by atoms with Gasteiger partial charge in [-0.15, -0.1) is 0 Å². The molecule has 0 aromatic heterocycles. The van der Waals surface area contributed by atoms with Gasteiger partial charge in [-0.05, 0) is 38.1 Å². The summed E-state index contributed by atoms with van der Waals surface area (Å²) in [5.74, 6) is 0.270. The molecule has 0 aromatic rings. The largest absolute Gasteiger partial charge is 0.375 e. The fourth-order valence-corrected chi connectivity index (χ4v) is 2.59. The van der Waals surface area contributed by atoms with Gasteiger partial charge in [-0.3, -0.25) is 4.79 Å². The first-order chi connectivity index (χ1) is 8.89. The van der Waals surface area contributed by atoms with Crippen LogP contribution < -0.4 is 5.73 Å². The zero-order chi connectivity index (χ0) is 14.5. The maximum absolute atomic E-state index is 12.4. The van der Waals surface area contributed by atoms with Crippen molar-refractivity contribution in [2.75, 3.05) is 19.7 Å². The van der Waals surface area contributed by atoms with Gasteiger partial charge in [-0.1, -0.05) is 20.8 Å². The fourth-order valence-electron chi connectivity index (χ4n) is 2.59. The number of amides is 1. The Bertz CT molecular complexity index is 292. The number of carbonyl (C=O) groups is 1. The van der Waals surface area contributed by atoms with Crippen molar-refractivity contribution in [3.05, 3.63) is 0 Å². The molecule has 2 atom stereocenters. The number of nitrogens with zero attached hydrogens (tertiary/aromatic N) is 1. The molecule has 4 nitrogen and oxygen atoms in total. The van der Waals surface area contributed by atoms with Crippen LogP contribution in [0.25, 0.3) is 0 Å². The van der Waals surface area contributed by atoms with Gasteiger partial charge >= 0.3 is 0 Å². The van der Waals surface area contributed by atoms with Crippen LogP contribution in [-0.4, -0.2) is 42.6 Å². The van der Waals surface area contributed by atoms with E-state index in [4.69, 9.17) is 10.5 Å². The molecule has 1 aliphatic rings. The van der Waals surface area contributed by atoms with Crippen LogP contribution in [0.2, 0.25) is 0 Å². The van der Waals surface area contributed by atoms with Gasteiger partial charge < -0.3 is 15.4 Å². The Kier molecular flexibility index (Phi) is 6.27. The smallest absolute Gasteiger partial charge is 0.223 e. The van der Waals surface area contributed by atoms with E-state index in [1.807, 2.05) is 11.8 Å². The molecule has 19 heavy (non-hydrogen) atoms. The summed E-state index contributed by atoms with van der Waals surface area (Å²) >= 11 is 0. The normalized spacial score (nSPS) is 24.6. The van der Waals surface area contributed by atoms with E-state index in [-0.39, 0.29) is 23.5 Å². The molecule has 0 spiro atoms. The number of nitrogens with two attached hydrogens (primary N) is 1. The van der Waals surface area contributed by atoms with E-state index in [1.165, 1.54) is 0 Å². The Morgan fingerprint density at radius 3 is 2.68 bits per heavy atom. The predicted octanol–water partition coefficient (Wildman–Crippen LogP) is 2.17. The zero-order valence-electron chi connectivity index (χ0n) is 12.9. The lowest BCUT2D eigenvalue weighted by Gasteiger charge is -2.39. The second-order valence-corrected chi connectivity index (χ2v) is 6.46. The maximum Gasteiger partial charge on any atom is 0.223 e. The minimum absolute atomic E-state index is 0.156. The number of morpholine rings is 1. The molecular weight excluding hydrogens is 240 g/mol. The molecular formula is C15H30N2O2. The molecule has 0 bridgehead atoms. The second-order valence-electron chi connectivity index (χ2n) is 6.46. The lowest BCUT2D eigenvalue weighted by Crippen LogP contribution is -2.51. The van der Waals surface area contributed by atoms with Crippen molar-refractivity contribution >= 4 is 5.91 Å². The molecule has 1 fully saturated rings. The topological polar surface area (TPSA) is 55.6 Å². The van der Waals surface area contributed by atoms with E-state index >= 15 is 0 Å². The molecule has 1 rings (SSSR count). The molecule has 0 aromatic carbocycles. The molecule has 0 aliphatic carbocycles. The SMILES string of the molecule is CCC1COC(C)CN1C(=O)CCC(C)(C)CCN. The summed E-state index contributed by atoms with van der Waals surface area (Å²) in [6.07, 6.45) is 3.62. The molecule has 2 unspecified atom stereocenters. The van der Waals surface area contributed by atoms with Crippen molar-refractivity contribution < 1.29 is 9.53 Å². The number of hydrogen-bond donors (Lipinski definition) is 1. The Morgan fingerprint density at radius 1 is 1.42 bits per heavy atom. The van der Waals surface area contributed by atoms with Gasteiger partial charge in [0, 0.05) is 13.0 Å². The molecule has 112 valence electrons. The van der Waals surface area contributed by atoms with Crippen molar-refractivity contribution in [2.24, 2.45) is 11.1 Å². The second kappa shape index (κ2) is 7.25. The highest BCUT2D eigenvalue weighted by molar-refractivity contribution is 5.76. The van der Waals surface area contributed by atoms with E-state index in [0.717, 1.165) is 25.8 Å². The number of carbonyl (C=O) groups excluding carboxylic acids is 1. The molecule has 1 amide bonds. The molecule has 0 radical (unpaired) electrons. The summed E-state index contributed by atoms with van der Waals surface area (Å²) in [6.45, 7) is 10.6. The van der Waals surface area contributed by atoms with E-state index in [2.05, 4.69) is 20.8 Å². The van der Waals surface area contributed by atoms with Crippen LogP contribution in [0.3, 0.4) is 0 Å². The summed E-state index contributed by atoms with van der Waals surface area (Å²) in [4.78, 5) is 14.4. The first-order valence-corrected chi connectivity index (χ1v) is 7.50. The summed E-state index contributed by atoms with van der Waals surface area (Å²) in [5.41, 5.74) is 5.77. The quantitative estimate of drug-likeness (QED) is 0.804. The van der Waals surface area contributed by atoms with E-state index in [9.17, 15) is 4.79 Å². The first-order valence-electron chi connectivity index (χ1n) is 7.50. The van der Waals surface area contributed by atoms with Crippen LogP contribution in [0.1, 0.15) is 53.4 Å². The lowest BCUT2D eigenvalue weighted by molar-refractivity contribution is -0.145. The summed E-state index contributed by atoms with van der Waals surface area (Å²) in [5, 5.41) is 0. The van der Waals surface area contributed by atoms with Gasteiger partial charge in [0.05, 0.1) is 18.8 Å². The van der Waals surface area contributed by atoms with Gasteiger partial charge in [0.2, 0.25) is 5.91 Å². The first kappa shape index (κ1) is 16.4. The molecule has 1 heterocycles. The predicted molar refractivity (Wildman–Crippen MR) is 77.9 cm³/mol. The van der Waals surface area contributed by atoms with Crippen LogP contribution in [-0.2, 0) is 9.53 Å². The number of rotatable bonds is 6. The third-order valence-electron chi connectivity index (χ3n) is 4.10. The summed E-state index contributed by atoms with van der Waals surface area (Å²) in [6, 6.07) is 0.251. The number of hydrogen-bond acceptors (Lipinski definition) is 3. The molecule has 1 aliphatic heterocycles. The van der Waals surface area contributed by atoms with Crippen molar-refractivity contribution in [1.82, 2.24) is 4.90 Å². The standard InChI is InChI=1S/C15H30N2O2/c1-5-13-11-19-12(2)10-17(13)14(18)6-7-15(3,4)8-9-16/h12-13H,5-11,16H2,1-4H3. The third-order valence-corrected chi connectivity index (χ3v) is 4.10. The highest BCUT2D eigenvalue weighted by Gasteiger charge is 2.30. The molecule has 1 saturated heterocycles. The third kappa shape index (κ3) is 5.11. The van der Waals surface area contributed by atoms with Crippen LogP contribution in [0.4, 0.5) is 0 Å². The Morgan fingerprint density at radius 2 is 2.11 bits per heavy atom. The van der Waals surface area contributed by atoms with Crippen molar-refractivity contribution in [1.29, 1.82) is 0 Å². The molecule has 0 saturated carbocycles. The molecule has 2 N–H and O–H groups in total. The van der Waals surface area contributed by atoms with Gasteiger partial charge in [0.1, 0.15) is 0 Å². The van der Waals surface area contributed by atoms with E-state index in [1.54, 1.807) is 0 Å². The zero-order valence-corrected chi connectivity index (χ0v) is 12.9. The van der Waals surface area contributed by atoms with Crippen LogP contribution in [0.5, 0.6) is 0 Å². The summed E-state index contributed by atoms with van der Waals surface area (Å²) < 4.78 is 5.64. The minimum atomic E-state index is 0.156. The average Bonchev–Trinajstić information content (AvgIpc) is 2.36.